The van der Waals surface area contributed by atoms with Crippen molar-refractivity contribution < 1.29 is 9.47 Å². The maximum absolute atomic E-state index is 6.25. The molecule has 0 radical (unpaired) electrons. The fraction of sp³-hybridized carbons (Fsp3) is 0.571. The summed E-state index contributed by atoms with van der Waals surface area (Å²) in [5, 5.41) is 1.30. The Morgan fingerprint density at radius 2 is 1.72 bits per heavy atom. The molecule has 98 valence electrons. The Balaban J connectivity index is 1.93. The van der Waals surface area contributed by atoms with Crippen LogP contribution in [0.15, 0.2) is 18.2 Å². The Labute approximate surface area is 117 Å². The van der Waals surface area contributed by atoms with E-state index in [1.165, 1.54) is 0 Å². The fourth-order valence-electron chi connectivity index (χ4n) is 2.98. The lowest BCUT2D eigenvalue weighted by molar-refractivity contribution is -0.168. The van der Waals surface area contributed by atoms with Crippen molar-refractivity contribution in [3.05, 3.63) is 33.8 Å². The summed E-state index contributed by atoms with van der Waals surface area (Å²) < 4.78 is 12.2. The molecule has 2 atom stereocenters. The molecule has 0 bridgehead atoms. The summed E-state index contributed by atoms with van der Waals surface area (Å²) in [6.45, 7) is 2.03. The lowest BCUT2D eigenvalue weighted by Crippen LogP contribution is -2.26. The van der Waals surface area contributed by atoms with Gasteiger partial charge in [0.15, 0.2) is 5.79 Å². The van der Waals surface area contributed by atoms with Gasteiger partial charge >= 0.3 is 0 Å². The van der Waals surface area contributed by atoms with Crippen molar-refractivity contribution >= 4 is 23.2 Å². The predicted octanol–water partition coefficient (Wildman–Crippen LogP) is 4.74. The number of hydrogen-bond donors (Lipinski definition) is 0. The molecule has 0 aromatic heterocycles. The van der Waals surface area contributed by atoms with Crippen molar-refractivity contribution in [3.8, 4) is 0 Å². The maximum atomic E-state index is 6.25. The Morgan fingerprint density at radius 3 is 2.33 bits per heavy atom. The monoisotopic (exact) mass is 286 g/mol. The summed E-state index contributed by atoms with van der Waals surface area (Å²) in [6, 6.07) is 5.54. The summed E-state index contributed by atoms with van der Waals surface area (Å²) in [5.74, 6) is -0.396. The highest BCUT2D eigenvalue weighted by atomic mass is 35.5. The standard InChI is InChI=1S/C14H16Cl2O2/c1-9-13(12-10(15)5-4-6-11(12)16)18-14(17-9)7-2-3-8-14/h4-6,9,13H,2-3,7-8H2,1H3. The van der Waals surface area contributed by atoms with Crippen LogP contribution in [-0.4, -0.2) is 11.9 Å². The molecule has 2 aliphatic rings. The minimum absolute atomic E-state index is 0.0134. The first-order chi connectivity index (χ1) is 8.61. The molecule has 2 nitrogen and oxygen atoms in total. The van der Waals surface area contributed by atoms with Crippen LogP contribution in [0.1, 0.15) is 44.3 Å². The third kappa shape index (κ3) is 2.05. The van der Waals surface area contributed by atoms with Gasteiger partial charge in [-0.25, -0.2) is 0 Å². The zero-order valence-electron chi connectivity index (χ0n) is 10.3. The third-order valence-electron chi connectivity index (χ3n) is 3.82. The highest BCUT2D eigenvalue weighted by Crippen LogP contribution is 2.49. The number of ether oxygens (including phenoxy) is 2. The van der Waals surface area contributed by atoms with Gasteiger partial charge in [0.25, 0.3) is 0 Å². The van der Waals surface area contributed by atoms with E-state index in [9.17, 15) is 0 Å². The molecule has 1 aliphatic carbocycles. The van der Waals surface area contributed by atoms with Gasteiger partial charge in [-0.05, 0) is 31.9 Å². The average molecular weight is 287 g/mol. The van der Waals surface area contributed by atoms with E-state index in [0.29, 0.717) is 10.0 Å². The quantitative estimate of drug-likeness (QED) is 0.742. The molecule has 1 aliphatic heterocycles. The second-order valence-corrected chi connectivity index (χ2v) is 5.93. The van der Waals surface area contributed by atoms with Gasteiger partial charge in [0, 0.05) is 28.5 Å². The van der Waals surface area contributed by atoms with Crippen LogP contribution >= 0.6 is 23.2 Å². The van der Waals surface area contributed by atoms with E-state index >= 15 is 0 Å². The van der Waals surface area contributed by atoms with Crippen LogP contribution in [0.5, 0.6) is 0 Å². The zero-order chi connectivity index (χ0) is 12.8. The van der Waals surface area contributed by atoms with E-state index in [0.717, 1.165) is 31.2 Å². The summed E-state index contributed by atoms with van der Waals surface area (Å²) >= 11 is 12.5. The van der Waals surface area contributed by atoms with Crippen molar-refractivity contribution in [2.24, 2.45) is 0 Å². The lowest BCUT2D eigenvalue weighted by Gasteiger charge is -2.22. The van der Waals surface area contributed by atoms with Crippen LogP contribution < -0.4 is 0 Å². The Morgan fingerprint density at radius 1 is 1.11 bits per heavy atom. The van der Waals surface area contributed by atoms with Crippen LogP contribution in [0.25, 0.3) is 0 Å². The van der Waals surface area contributed by atoms with Crippen LogP contribution in [0.2, 0.25) is 10.0 Å². The number of benzene rings is 1. The number of halogens is 2. The number of hydrogen-bond acceptors (Lipinski definition) is 2. The second kappa shape index (κ2) is 4.68. The normalized spacial score (nSPS) is 30.2. The Kier molecular flexibility index (Phi) is 3.31. The maximum Gasteiger partial charge on any atom is 0.169 e. The average Bonchev–Trinajstić information content (AvgIpc) is 2.88. The van der Waals surface area contributed by atoms with Crippen molar-refractivity contribution in [3.63, 3.8) is 0 Å². The summed E-state index contributed by atoms with van der Waals surface area (Å²) in [7, 11) is 0. The first-order valence-corrected chi connectivity index (χ1v) is 7.16. The molecule has 2 unspecified atom stereocenters. The van der Waals surface area contributed by atoms with Gasteiger partial charge < -0.3 is 9.47 Å². The van der Waals surface area contributed by atoms with Gasteiger partial charge in [-0.3, -0.25) is 0 Å². The molecule has 0 amide bonds. The van der Waals surface area contributed by atoms with Crippen LogP contribution in [0.3, 0.4) is 0 Å². The molecule has 0 N–H and O–H groups in total. The second-order valence-electron chi connectivity index (χ2n) is 5.11. The SMILES string of the molecule is CC1OC2(CCCC2)OC1c1c(Cl)cccc1Cl. The van der Waals surface area contributed by atoms with Gasteiger partial charge in [-0.2, -0.15) is 0 Å². The largest absolute Gasteiger partial charge is 0.344 e. The molecule has 1 saturated heterocycles. The molecule has 4 heteroatoms. The highest BCUT2D eigenvalue weighted by molar-refractivity contribution is 6.36. The summed E-state index contributed by atoms with van der Waals surface area (Å²) in [5.41, 5.74) is 0.858. The van der Waals surface area contributed by atoms with Gasteiger partial charge in [0.05, 0.1) is 6.10 Å². The van der Waals surface area contributed by atoms with Crippen LogP contribution in [-0.2, 0) is 9.47 Å². The third-order valence-corrected chi connectivity index (χ3v) is 4.48. The van der Waals surface area contributed by atoms with E-state index in [2.05, 4.69) is 0 Å². The molecular formula is C14H16Cl2O2. The van der Waals surface area contributed by atoms with E-state index in [4.69, 9.17) is 32.7 Å². The molecule has 2 fully saturated rings. The molecule has 1 aromatic carbocycles. The van der Waals surface area contributed by atoms with Gasteiger partial charge in [-0.1, -0.05) is 29.3 Å². The van der Waals surface area contributed by atoms with Crippen molar-refractivity contribution in [1.29, 1.82) is 0 Å². The highest BCUT2D eigenvalue weighted by Gasteiger charge is 2.48. The number of rotatable bonds is 1. The summed E-state index contributed by atoms with van der Waals surface area (Å²) in [6.07, 6.45) is 4.09. The molecule has 1 heterocycles. The van der Waals surface area contributed by atoms with Crippen molar-refractivity contribution in [2.45, 2.75) is 50.6 Å². The van der Waals surface area contributed by atoms with Crippen molar-refractivity contribution in [1.82, 2.24) is 0 Å². The zero-order valence-corrected chi connectivity index (χ0v) is 11.8. The Hall–Kier alpha value is -0.280. The molecule has 18 heavy (non-hydrogen) atoms. The Bertz CT molecular complexity index is 435. The molecular weight excluding hydrogens is 271 g/mol. The van der Waals surface area contributed by atoms with Crippen LogP contribution in [0, 0.1) is 0 Å². The van der Waals surface area contributed by atoms with Crippen molar-refractivity contribution in [2.75, 3.05) is 0 Å². The van der Waals surface area contributed by atoms with Gasteiger partial charge in [0.1, 0.15) is 6.10 Å². The van der Waals surface area contributed by atoms with E-state index in [-0.39, 0.29) is 12.2 Å². The molecule has 1 spiro atoms. The molecule has 1 aromatic rings. The van der Waals surface area contributed by atoms with Gasteiger partial charge in [-0.15, -0.1) is 0 Å². The fourth-order valence-corrected chi connectivity index (χ4v) is 3.59. The van der Waals surface area contributed by atoms with Gasteiger partial charge in [0.2, 0.25) is 0 Å². The van der Waals surface area contributed by atoms with E-state index in [1.54, 1.807) is 0 Å². The smallest absolute Gasteiger partial charge is 0.169 e. The molecule has 3 rings (SSSR count). The first-order valence-electron chi connectivity index (χ1n) is 6.41. The minimum Gasteiger partial charge on any atom is -0.344 e. The minimum atomic E-state index is -0.396. The summed E-state index contributed by atoms with van der Waals surface area (Å²) in [4.78, 5) is 0. The first kappa shape index (κ1) is 12.7. The topological polar surface area (TPSA) is 18.5 Å². The predicted molar refractivity (Wildman–Crippen MR) is 72.0 cm³/mol. The molecule has 1 saturated carbocycles. The van der Waals surface area contributed by atoms with E-state index in [1.807, 2.05) is 25.1 Å². The lowest BCUT2D eigenvalue weighted by atomic mass is 10.1. The van der Waals surface area contributed by atoms with E-state index < -0.39 is 5.79 Å². The van der Waals surface area contributed by atoms with Crippen LogP contribution in [0.4, 0.5) is 0 Å².